The highest BCUT2D eigenvalue weighted by Crippen LogP contribution is 2.24. The van der Waals surface area contributed by atoms with E-state index in [1.807, 2.05) is 0 Å². The van der Waals surface area contributed by atoms with Gasteiger partial charge in [-0.2, -0.15) is 0 Å². The number of hydrogen-bond donors (Lipinski definition) is 1. The van der Waals surface area contributed by atoms with E-state index in [9.17, 15) is 0 Å². The van der Waals surface area contributed by atoms with Crippen LogP contribution in [0.4, 0.5) is 0 Å². The van der Waals surface area contributed by atoms with Crippen molar-refractivity contribution in [1.82, 2.24) is 5.32 Å². The highest BCUT2D eigenvalue weighted by Gasteiger charge is 2.15. The van der Waals surface area contributed by atoms with Gasteiger partial charge in [0, 0.05) is 26.9 Å². The van der Waals surface area contributed by atoms with E-state index in [4.69, 9.17) is 9.47 Å². The van der Waals surface area contributed by atoms with Gasteiger partial charge in [0.25, 0.3) is 0 Å². The maximum atomic E-state index is 5.84. The maximum absolute atomic E-state index is 5.84. The van der Waals surface area contributed by atoms with Crippen LogP contribution >= 0.6 is 0 Å². The highest BCUT2D eigenvalue weighted by molar-refractivity contribution is 4.67. The monoisotopic (exact) mass is 229 g/mol. The molecule has 0 aromatic rings. The largest absolute Gasteiger partial charge is 0.385 e. The quantitative estimate of drug-likeness (QED) is 0.615. The molecule has 0 amide bonds. The van der Waals surface area contributed by atoms with Gasteiger partial charge >= 0.3 is 0 Å². The first-order chi connectivity index (χ1) is 7.83. The van der Waals surface area contributed by atoms with E-state index in [2.05, 4.69) is 12.2 Å². The van der Waals surface area contributed by atoms with E-state index in [0.717, 1.165) is 38.6 Å². The molecule has 0 spiro atoms. The summed E-state index contributed by atoms with van der Waals surface area (Å²) in [6.45, 7) is 5.92. The molecule has 0 heterocycles. The Morgan fingerprint density at radius 1 is 1.31 bits per heavy atom. The summed E-state index contributed by atoms with van der Waals surface area (Å²) in [6, 6.07) is 0. The van der Waals surface area contributed by atoms with Crippen LogP contribution in [-0.2, 0) is 9.47 Å². The minimum atomic E-state index is 0.336. The van der Waals surface area contributed by atoms with E-state index < -0.39 is 0 Å². The smallest absolute Gasteiger partial charge is 0.0671 e. The molecular formula is C13H27NO2. The van der Waals surface area contributed by atoms with E-state index >= 15 is 0 Å². The first-order valence-corrected chi connectivity index (χ1v) is 6.64. The summed E-state index contributed by atoms with van der Waals surface area (Å²) < 4.78 is 10.8. The second-order valence-corrected chi connectivity index (χ2v) is 4.84. The van der Waals surface area contributed by atoms with Crippen molar-refractivity contribution in [2.45, 2.75) is 45.1 Å². The van der Waals surface area contributed by atoms with Crippen molar-refractivity contribution >= 4 is 0 Å². The van der Waals surface area contributed by atoms with E-state index in [1.54, 1.807) is 7.11 Å². The standard InChI is InChI=1S/C13H27NO2/c1-12(10-14-8-5-9-15-2)16-11-13-6-3-4-7-13/h12-14H,3-11H2,1-2H3. The predicted octanol–water partition coefficient (Wildman–Crippen LogP) is 2.21. The Morgan fingerprint density at radius 2 is 2.06 bits per heavy atom. The number of nitrogens with one attached hydrogen (secondary N) is 1. The summed E-state index contributed by atoms with van der Waals surface area (Å²) in [5, 5.41) is 3.39. The van der Waals surface area contributed by atoms with Crippen LogP contribution in [0, 0.1) is 5.92 Å². The molecule has 0 radical (unpaired) electrons. The third-order valence-corrected chi connectivity index (χ3v) is 3.23. The summed E-state index contributed by atoms with van der Waals surface area (Å²) in [4.78, 5) is 0. The number of hydrogen-bond acceptors (Lipinski definition) is 3. The Kier molecular flexibility index (Phi) is 7.81. The van der Waals surface area contributed by atoms with Crippen molar-refractivity contribution in [3.63, 3.8) is 0 Å². The van der Waals surface area contributed by atoms with Gasteiger partial charge < -0.3 is 14.8 Å². The Bertz CT molecular complexity index is 158. The van der Waals surface area contributed by atoms with Crippen molar-refractivity contribution < 1.29 is 9.47 Å². The Hall–Kier alpha value is -0.120. The molecule has 1 N–H and O–H groups in total. The van der Waals surface area contributed by atoms with Crippen molar-refractivity contribution in [3.05, 3.63) is 0 Å². The third kappa shape index (κ3) is 6.46. The fourth-order valence-corrected chi connectivity index (χ4v) is 2.18. The highest BCUT2D eigenvalue weighted by atomic mass is 16.5. The molecule has 1 aliphatic carbocycles. The van der Waals surface area contributed by atoms with Crippen LogP contribution in [0.3, 0.4) is 0 Å². The van der Waals surface area contributed by atoms with Gasteiger partial charge in [-0.25, -0.2) is 0 Å². The molecule has 1 saturated carbocycles. The lowest BCUT2D eigenvalue weighted by atomic mass is 10.1. The molecule has 0 saturated heterocycles. The summed E-state index contributed by atoms with van der Waals surface area (Å²) in [5.74, 6) is 0.830. The minimum absolute atomic E-state index is 0.336. The van der Waals surface area contributed by atoms with Gasteiger partial charge in [-0.3, -0.25) is 0 Å². The van der Waals surface area contributed by atoms with Gasteiger partial charge in [0.2, 0.25) is 0 Å². The first-order valence-electron chi connectivity index (χ1n) is 6.64. The van der Waals surface area contributed by atoms with Crippen molar-refractivity contribution in [3.8, 4) is 0 Å². The van der Waals surface area contributed by atoms with Crippen molar-refractivity contribution in [1.29, 1.82) is 0 Å². The minimum Gasteiger partial charge on any atom is -0.385 e. The van der Waals surface area contributed by atoms with E-state index in [-0.39, 0.29) is 0 Å². The number of rotatable bonds is 9. The Morgan fingerprint density at radius 3 is 2.75 bits per heavy atom. The van der Waals surface area contributed by atoms with Crippen LogP contribution in [0.2, 0.25) is 0 Å². The molecule has 0 aromatic carbocycles. The van der Waals surface area contributed by atoms with Crippen LogP contribution in [0.1, 0.15) is 39.0 Å². The molecule has 1 unspecified atom stereocenters. The zero-order valence-corrected chi connectivity index (χ0v) is 10.8. The molecule has 0 aliphatic heterocycles. The fraction of sp³-hybridized carbons (Fsp3) is 1.00. The topological polar surface area (TPSA) is 30.5 Å². The molecule has 1 rings (SSSR count). The van der Waals surface area contributed by atoms with Gasteiger partial charge in [0.15, 0.2) is 0 Å². The summed E-state index contributed by atoms with van der Waals surface area (Å²) in [7, 11) is 1.74. The molecule has 3 heteroatoms. The summed E-state index contributed by atoms with van der Waals surface area (Å²) in [6.07, 6.45) is 6.95. The van der Waals surface area contributed by atoms with Crippen LogP contribution in [-0.4, -0.2) is 39.5 Å². The zero-order valence-electron chi connectivity index (χ0n) is 10.8. The summed E-state index contributed by atoms with van der Waals surface area (Å²) >= 11 is 0. The lowest BCUT2D eigenvalue weighted by Gasteiger charge is -2.16. The second kappa shape index (κ2) is 8.97. The van der Waals surface area contributed by atoms with E-state index in [0.29, 0.717) is 6.10 Å². The van der Waals surface area contributed by atoms with Gasteiger partial charge in [0.05, 0.1) is 6.10 Å². The van der Waals surface area contributed by atoms with E-state index in [1.165, 1.54) is 25.7 Å². The maximum Gasteiger partial charge on any atom is 0.0671 e. The average molecular weight is 229 g/mol. The zero-order chi connectivity index (χ0) is 11.6. The SMILES string of the molecule is COCCCNCC(C)OCC1CCCC1. The van der Waals surface area contributed by atoms with Gasteiger partial charge in [0.1, 0.15) is 0 Å². The molecular weight excluding hydrogens is 202 g/mol. The molecule has 0 aromatic heterocycles. The second-order valence-electron chi connectivity index (χ2n) is 4.84. The number of methoxy groups -OCH3 is 1. The van der Waals surface area contributed by atoms with Gasteiger partial charge in [-0.05, 0) is 38.6 Å². The summed E-state index contributed by atoms with van der Waals surface area (Å²) in [5.41, 5.74) is 0. The molecule has 0 bridgehead atoms. The number of ether oxygens (including phenoxy) is 2. The Balaban J connectivity index is 1.87. The lowest BCUT2D eigenvalue weighted by Crippen LogP contribution is -2.29. The van der Waals surface area contributed by atoms with Crippen LogP contribution < -0.4 is 5.32 Å². The lowest BCUT2D eigenvalue weighted by molar-refractivity contribution is 0.0415. The van der Waals surface area contributed by atoms with Crippen LogP contribution in [0.5, 0.6) is 0 Å². The predicted molar refractivity (Wildman–Crippen MR) is 66.7 cm³/mol. The normalized spacial score (nSPS) is 19.1. The molecule has 96 valence electrons. The fourth-order valence-electron chi connectivity index (χ4n) is 2.18. The average Bonchev–Trinajstić information content (AvgIpc) is 2.79. The Labute approximate surface area is 99.9 Å². The van der Waals surface area contributed by atoms with Crippen LogP contribution in [0.25, 0.3) is 0 Å². The first kappa shape index (κ1) is 13.9. The van der Waals surface area contributed by atoms with Crippen molar-refractivity contribution in [2.75, 3.05) is 33.4 Å². The van der Waals surface area contributed by atoms with Gasteiger partial charge in [-0.15, -0.1) is 0 Å². The molecule has 1 atom stereocenters. The third-order valence-electron chi connectivity index (χ3n) is 3.23. The van der Waals surface area contributed by atoms with Crippen molar-refractivity contribution in [2.24, 2.45) is 5.92 Å². The van der Waals surface area contributed by atoms with Gasteiger partial charge in [-0.1, -0.05) is 12.8 Å². The molecule has 3 nitrogen and oxygen atoms in total. The molecule has 16 heavy (non-hydrogen) atoms. The molecule has 1 aliphatic rings. The molecule has 1 fully saturated rings. The van der Waals surface area contributed by atoms with Crippen LogP contribution in [0.15, 0.2) is 0 Å².